The molecule has 0 unspecified atom stereocenters. The summed E-state index contributed by atoms with van der Waals surface area (Å²) in [5.41, 5.74) is 5.08. The highest BCUT2D eigenvalue weighted by Gasteiger charge is 2.14. The van der Waals surface area contributed by atoms with Gasteiger partial charge in [-0.2, -0.15) is 0 Å². The van der Waals surface area contributed by atoms with E-state index in [-0.39, 0.29) is 0 Å². The first-order valence-corrected chi connectivity index (χ1v) is 6.92. The number of fused-ring (bicyclic) bond motifs is 2. The van der Waals surface area contributed by atoms with Crippen molar-refractivity contribution >= 4 is 10.8 Å². The number of benzene rings is 2. The molecule has 0 saturated carbocycles. The molecule has 0 fully saturated rings. The SMILES string of the molecule is Cc1cc(-c2ccc3c(c2)CCO3)c2cnccc2c1. The van der Waals surface area contributed by atoms with Crippen LogP contribution in [0.4, 0.5) is 0 Å². The Labute approximate surface area is 118 Å². The molecule has 4 rings (SSSR count). The number of rotatable bonds is 1. The van der Waals surface area contributed by atoms with Crippen LogP contribution in [0.15, 0.2) is 48.8 Å². The van der Waals surface area contributed by atoms with E-state index >= 15 is 0 Å². The molecule has 3 aromatic rings. The molecule has 0 N–H and O–H groups in total. The van der Waals surface area contributed by atoms with Gasteiger partial charge in [-0.05, 0) is 52.8 Å². The van der Waals surface area contributed by atoms with Gasteiger partial charge >= 0.3 is 0 Å². The first kappa shape index (κ1) is 11.5. The fourth-order valence-corrected chi connectivity index (χ4v) is 2.94. The van der Waals surface area contributed by atoms with E-state index < -0.39 is 0 Å². The summed E-state index contributed by atoms with van der Waals surface area (Å²) in [4.78, 5) is 4.28. The van der Waals surface area contributed by atoms with Crippen molar-refractivity contribution in [2.24, 2.45) is 0 Å². The molecule has 20 heavy (non-hydrogen) atoms. The molecule has 2 nitrogen and oxygen atoms in total. The van der Waals surface area contributed by atoms with E-state index in [1.165, 1.54) is 33.0 Å². The highest BCUT2D eigenvalue weighted by molar-refractivity contribution is 5.96. The van der Waals surface area contributed by atoms with E-state index in [0.29, 0.717) is 0 Å². The summed E-state index contributed by atoms with van der Waals surface area (Å²) in [6, 6.07) is 13.0. The van der Waals surface area contributed by atoms with Crippen LogP contribution in [0.5, 0.6) is 5.75 Å². The molecule has 1 aliphatic heterocycles. The van der Waals surface area contributed by atoms with Gasteiger partial charge in [-0.1, -0.05) is 18.2 Å². The molecule has 0 spiro atoms. The summed E-state index contributed by atoms with van der Waals surface area (Å²) in [7, 11) is 0. The molecular weight excluding hydrogens is 246 g/mol. The van der Waals surface area contributed by atoms with Crippen LogP contribution < -0.4 is 4.74 Å². The van der Waals surface area contributed by atoms with Crippen LogP contribution in [0.3, 0.4) is 0 Å². The molecule has 0 aliphatic carbocycles. The molecule has 2 aromatic carbocycles. The number of hydrogen-bond acceptors (Lipinski definition) is 2. The number of hydrogen-bond donors (Lipinski definition) is 0. The van der Waals surface area contributed by atoms with Crippen LogP contribution in [-0.2, 0) is 6.42 Å². The first-order chi connectivity index (χ1) is 9.81. The molecule has 0 saturated heterocycles. The maximum atomic E-state index is 5.59. The summed E-state index contributed by atoms with van der Waals surface area (Å²) in [6.45, 7) is 2.94. The summed E-state index contributed by atoms with van der Waals surface area (Å²) >= 11 is 0. The number of nitrogens with zero attached hydrogens (tertiary/aromatic N) is 1. The van der Waals surface area contributed by atoms with Crippen molar-refractivity contribution in [2.75, 3.05) is 6.61 Å². The smallest absolute Gasteiger partial charge is 0.122 e. The average Bonchev–Trinajstić information content (AvgIpc) is 2.93. The predicted molar refractivity (Wildman–Crippen MR) is 81.1 cm³/mol. The van der Waals surface area contributed by atoms with Gasteiger partial charge in [0.15, 0.2) is 0 Å². The van der Waals surface area contributed by atoms with E-state index in [0.717, 1.165) is 18.8 Å². The zero-order chi connectivity index (χ0) is 13.5. The van der Waals surface area contributed by atoms with E-state index in [4.69, 9.17) is 4.74 Å². The third-order valence-electron chi connectivity index (χ3n) is 3.90. The number of pyridine rings is 1. The molecule has 2 heteroatoms. The zero-order valence-corrected chi connectivity index (χ0v) is 11.4. The summed E-state index contributed by atoms with van der Waals surface area (Å²) < 4.78 is 5.59. The van der Waals surface area contributed by atoms with Crippen molar-refractivity contribution in [3.8, 4) is 16.9 Å². The van der Waals surface area contributed by atoms with Crippen LogP contribution >= 0.6 is 0 Å². The van der Waals surface area contributed by atoms with Gasteiger partial charge in [-0.15, -0.1) is 0 Å². The minimum absolute atomic E-state index is 0.801. The Morgan fingerprint density at radius 2 is 2.05 bits per heavy atom. The zero-order valence-electron chi connectivity index (χ0n) is 11.4. The van der Waals surface area contributed by atoms with Gasteiger partial charge in [-0.3, -0.25) is 4.98 Å². The van der Waals surface area contributed by atoms with Gasteiger partial charge < -0.3 is 4.74 Å². The van der Waals surface area contributed by atoms with Crippen molar-refractivity contribution in [2.45, 2.75) is 13.3 Å². The Bertz CT molecular complexity index is 808. The summed E-state index contributed by atoms with van der Waals surface area (Å²) in [5, 5.41) is 2.45. The lowest BCUT2D eigenvalue weighted by Gasteiger charge is -2.09. The molecule has 0 amide bonds. The van der Waals surface area contributed by atoms with E-state index in [1.54, 1.807) is 0 Å². The number of aromatic nitrogens is 1. The van der Waals surface area contributed by atoms with Gasteiger partial charge in [0.2, 0.25) is 0 Å². The fraction of sp³-hybridized carbons (Fsp3) is 0.167. The quantitative estimate of drug-likeness (QED) is 0.656. The van der Waals surface area contributed by atoms with Gasteiger partial charge in [0.05, 0.1) is 6.61 Å². The largest absolute Gasteiger partial charge is 0.493 e. The molecule has 0 atom stereocenters. The van der Waals surface area contributed by atoms with Gasteiger partial charge in [-0.25, -0.2) is 0 Å². The van der Waals surface area contributed by atoms with Crippen LogP contribution in [0.2, 0.25) is 0 Å². The third-order valence-corrected chi connectivity index (χ3v) is 3.90. The lowest BCUT2D eigenvalue weighted by Crippen LogP contribution is -1.86. The molecule has 0 bridgehead atoms. The maximum Gasteiger partial charge on any atom is 0.122 e. The van der Waals surface area contributed by atoms with E-state index in [9.17, 15) is 0 Å². The lowest BCUT2D eigenvalue weighted by atomic mass is 9.95. The topological polar surface area (TPSA) is 22.1 Å². The number of ether oxygens (including phenoxy) is 1. The fourth-order valence-electron chi connectivity index (χ4n) is 2.94. The van der Waals surface area contributed by atoms with Crippen LogP contribution in [0, 0.1) is 6.92 Å². The maximum absolute atomic E-state index is 5.59. The Morgan fingerprint density at radius 3 is 3.00 bits per heavy atom. The monoisotopic (exact) mass is 261 g/mol. The van der Waals surface area contributed by atoms with Crippen LogP contribution in [-0.4, -0.2) is 11.6 Å². The highest BCUT2D eigenvalue weighted by Crippen LogP contribution is 2.34. The normalized spacial score (nSPS) is 13.2. The Hall–Kier alpha value is -2.35. The summed E-state index contributed by atoms with van der Waals surface area (Å²) in [6.07, 6.45) is 4.81. The molecule has 2 heterocycles. The first-order valence-electron chi connectivity index (χ1n) is 6.92. The van der Waals surface area contributed by atoms with Crippen LogP contribution in [0.1, 0.15) is 11.1 Å². The van der Waals surface area contributed by atoms with E-state index in [1.807, 2.05) is 12.4 Å². The second-order valence-electron chi connectivity index (χ2n) is 5.33. The molecule has 1 aromatic heterocycles. The third kappa shape index (κ3) is 1.76. The van der Waals surface area contributed by atoms with Crippen molar-refractivity contribution in [3.63, 3.8) is 0 Å². The van der Waals surface area contributed by atoms with Crippen molar-refractivity contribution in [3.05, 3.63) is 59.9 Å². The van der Waals surface area contributed by atoms with Crippen LogP contribution in [0.25, 0.3) is 21.9 Å². The Kier molecular flexibility index (Phi) is 2.49. The minimum Gasteiger partial charge on any atom is -0.493 e. The van der Waals surface area contributed by atoms with Gasteiger partial charge in [0.25, 0.3) is 0 Å². The molecule has 0 radical (unpaired) electrons. The van der Waals surface area contributed by atoms with E-state index in [2.05, 4.69) is 48.3 Å². The summed E-state index contributed by atoms with van der Waals surface area (Å²) in [5.74, 6) is 1.03. The molecule has 98 valence electrons. The highest BCUT2D eigenvalue weighted by atomic mass is 16.5. The Balaban J connectivity index is 1.98. The lowest BCUT2D eigenvalue weighted by molar-refractivity contribution is 0.357. The number of aryl methyl sites for hydroxylation is 1. The minimum atomic E-state index is 0.801. The predicted octanol–water partition coefficient (Wildman–Crippen LogP) is 4.15. The second-order valence-corrected chi connectivity index (χ2v) is 5.33. The molecular formula is C18H15NO. The van der Waals surface area contributed by atoms with Gasteiger partial charge in [0, 0.05) is 24.2 Å². The standard InChI is InChI=1S/C18H15NO/c1-12-8-14-4-6-19-11-17(14)16(9-12)13-2-3-18-15(10-13)5-7-20-18/h2-4,6,8-11H,5,7H2,1H3. The molecule has 1 aliphatic rings. The second kappa shape index (κ2) is 4.34. The van der Waals surface area contributed by atoms with Crippen molar-refractivity contribution < 1.29 is 4.74 Å². The van der Waals surface area contributed by atoms with Crippen molar-refractivity contribution in [1.29, 1.82) is 0 Å². The Morgan fingerprint density at radius 1 is 1.10 bits per heavy atom. The van der Waals surface area contributed by atoms with Gasteiger partial charge in [0.1, 0.15) is 5.75 Å². The average molecular weight is 261 g/mol. The van der Waals surface area contributed by atoms with Crippen molar-refractivity contribution in [1.82, 2.24) is 4.98 Å².